The van der Waals surface area contributed by atoms with Gasteiger partial charge in [-0.2, -0.15) is 0 Å². The molecule has 1 unspecified atom stereocenters. The van der Waals surface area contributed by atoms with Crippen LogP contribution in [0.3, 0.4) is 0 Å². The van der Waals surface area contributed by atoms with E-state index in [-0.39, 0.29) is 23.7 Å². The molecule has 4 heteroatoms. The van der Waals surface area contributed by atoms with Crippen LogP contribution in [-0.4, -0.2) is 21.9 Å². The molecule has 0 amide bonds. The van der Waals surface area contributed by atoms with Gasteiger partial charge in [0.15, 0.2) is 0 Å². The number of benzene rings is 1. The molecule has 0 aliphatic carbocycles. The zero-order valence-electron chi connectivity index (χ0n) is 6.44. The summed E-state index contributed by atoms with van der Waals surface area (Å²) in [6.07, 6.45) is 0. The smallest absolute Gasteiger partial charge is 0.124 e. The first-order valence-electron chi connectivity index (χ1n) is 3.54. The molecule has 4 nitrogen and oxygen atoms in total. The molecule has 0 heterocycles. The van der Waals surface area contributed by atoms with Crippen molar-refractivity contribution in [1.82, 2.24) is 0 Å². The number of phenolic OH excluding ortho intramolecular Hbond substituents is 2. The van der Waals surface area contributed by atoms with Crippen molar-refractivity contribution in [3.63, 3.8) is 0 Å². The van der Waals surface area contributed by atoms with Gasteiger partial charge in [-0.3, -0.25) is 0 Å². The topological polar surface area (TPSA) is 86.7 Å². The summed E-state index contributed by atoms with van der Waals surface area (Å²) < 4.78 is 0. The molecule has 1 aromatic carbocycles. The normalized spacial score (nSPS) is 12.8. The second-order valence-electron chi connectivity index (χ2n) is 2.50. The molecule has 5 N–H and O–H groups in total. The highest BCUT2D eigenvalue weighted by Crippen LogP contribution is 2.30. The number of rotatable bonds is 2. The largest absolute Gasteiger partial charge is 0.507 e. The van der Waals surface area contributed by atoms with E-state index in [4.69, 9.17) is 10.8 Å². The molecular formula is C8H11NO3. The van der Waals surface area contributed by atoms with Gasteiger partial charge in [0.1, 0.15) is 11.5 Å². The van der Waals surface area contributed by atoms with Crippen LogP contribution in [0.5, 0.6) is 11.5 Å². The monoisotopic (exact) mass is 169 g/mol. The number of hydrogen-bond donors (Lipinski definition) is 4. The quantitative estimate of drug-likeness (QED) is 0.505. The Morgan fingerprint density at radius 1 is 1.25 bits per heavy atom. The summed E-state index contributed by atoms with van der Waals surface area (Å²) in [5, 5.41) is 27.2. The van der Waals surface area contributed by atoms with Gasteiger partial charge in [0.2, 0.25) is 0 Å². The van der Waals surface area contributed by atoms with Gasteiger partial charge in [-0.15, -0.1) is 0 Å². The van der Waals surface area contributed by atoms with Gasteiger partial charge in [0.25, 0.3) is 0 Å². The Morgan fingerprint density at radius 3 is 2.17 bits per heavy atom. The molecule has 0 aliphatic heterocycles. The number of aromatic hydroxyl groups is 2. The fourth-order valence-electron chi connectivity index (χ4n) is 1.01. The molecule has 0 aromatic heterocycles. The highest BCUT2D eigenvalue weighted by Gasteiger charge is 2.13. The first-order chi connectivity index (χ1) is 5.66. The summed E-state index contributed by atoms with van der Waals surface area (Å²) in [5.41, 5.74) is 5.61. The van der Waals surface area contributed by atoms with Crippen molar-refractivity contribution < 1.29 is 15.3 Å². The minimum absolute atomic E-state index is 0.100. The van der Waals surface area contributed by atoms with E-state index >= 15 is 0 Å². The Labute approximate surface area is 69.9 Å². The lowest BCUT2D eigenvalue weighted by Gasteiger charge is -2.11. The van der Waals surface area contributed by atoms with Crippen molar-refractivity contribution in [2.75, 3.05) is 6.61 Å². The molecule has 0 fully saturated rings. The van der Waals surface area contributed by atoms with Gasteiger partial charge >= 0.3 is 0 Å². The van der Waals surface area contributed by atoms with Gasteiger partial charge in [-0.05, 0) is 12.1 Å². The summed E-state index contributed by atoms with van der Waals surface area (Å²) in [5.74, 6) is -0.201. The minimum Gasteiger partial charge on any atom is -0.507 e. The van der Waals surface area contributed by atoms with Crippen LogP contribution in [0.1, 0.15) is 11.6 Å². The van der Waals surface area contributed by atoms with E-state index in [0.29, 0.717) is 0 Å². The summed E-state index contributed by atoms with van der Waals surface area (Å²) >= 11 is 0. The molecule has 0 saturated heterocycles. The Morgan fingerprint density at radius 2 is 1.75 bits per heavy atom. The predicted molar refractivity (Wildman–Crippen MR) is 43.8 cm³/mol. The SMILES string of the molecule is NC(CO)c1c(O)cccc1O. The van der Waals surface area contributed by atoms with Crippen molar-refractivity contribution in [2.45, 2.75) is 6.04 Å². The van der Waals surface area contributed by atoms with Crippen LogP contribution >= 0.6 is 0 Å². The van der Waals surface area contributed by atoms with Crippen molar-refractivity contribution in [3.05, 3.63) is 23.8 Å². The molecule has 1 rings (SSSR count). The van der Waals surface area contributed by atoms with Crippen LogP contribution in [0.4, 0.5) is 0 Å². The predicted octanol–water partition coefficient (Wildman–Crippen LogP) is 0.0899. The third-order valence-electron chi connectivity index (χ3n) is 1.63. The van der Waals surface area contributed by atoms with Gasteiger partial charge in [0.05, 0.1) is 18.2 Å². The zero-order valence-corrected chi connectivity index (χ0v) is 6.44. The highest BCUT2D eigenvalue weighted by atomic mass is 16.3. The number of aliphatic hydroxyl groups excluding tert-OH is 1. The fraction of sp³-hybridized carbons (Fsp3) is 0.250. The van der Waals surface area contributed by atoms with Crippen molar-refractivity contribution in [3.8, 4) is 11.5 Å². The average molecular weight is 169 g/mol. The maximum atomic E-state index is 9.24. The van der Waals surface area contributed by atoms with E-state index in [1.54, 1.807) is 0 Å². The van der Waals surface area contributed by atoms with Crippen LogP contribution in [0.15, 0.2) is 18.2 Å². The summed E-state index contributed by atoms with van der Waals surface area (Å²) in [6.45, 7) is -0.314. The number of nitrogens with two attached hydrogens (primary N) is 1. The molecular weight excluding hydrogens is 158 g/mol. The first-order valence-corrected chi connectivity index (χ1v) is 3.54. The Bertz CT molecular complexity index is 255. The lowest BCUT2D eigenvalue weighted by Crippen LogP contribution is -2.14. The minimum atomic E-state index is -0.744. The van der Waals surface area contributed by atoms with E-state index in [9.17, 15) is 10.2 Å². The van der Waals surface area contributed by atoms with E-state index in [1.165, 1.54) is 18.2 Å². The van der Waals surface area contributed by atoms with E-state index < -0.39 is 6.04 Å². The van der Waals surface area contributed by atoms with Crippen molar-refractivity contribution >= 4 is 0 Å². The van der Waals surface area contributed by atoms with Gasteiger partial charge in [-0.25, -0.2) is 0 Å². The molecule has 1 aromatic rings. The van der Waals surface area contributed by atoms with Crippen LogP contribution in [-0.2, 0) is 0 Å². The lowest BCUT2D eigenvalue weighted by molar-refractivity contribution is 0.262. The number of phenols is 2. The summed E-state index contributed by atoms with van der Waals surface area (Å²) in [6, 6.07) is 3.57. The second kappa shape index (κ2) is 3.42. The van der Waals surface area contributed by atoms with E-state index in [0.717, 1.165) is 0 Å². The highest BCUT2D eigenvalue weighted by molar-refractivity contribution is 5.44. The third-order valence-corrected chi connectivity index (χ3v) is 1.63. The van der Waals surface area contributed by atoms with Gasteiger partial charge in [-0.1, -0.05) is 6.07 Å². The Balaban J connectivity index is 3.12. The first kappa shape index (κ1) is 8.83. The van der Waals surface area contributed by atoms with Crippen LogP contribution in [0.25, 0.3) is 0 Å². The van der Waals surface area contributed by atoms with Gasteiger partial charge in [0, 0.05) is 0 Å². The third kappa shape index (κ3) is 1.49. The van der Waals surface area contributed by atoms with Crippen molar-refractivity contribution in [1.29, 1.82) is 0 Å². The summed E-state index contributed by atoms with van der Waals surface area (Å²) in [4.78, 5) is 0. The molecule has 0 spiro atoms. The maximum absolute atomic E-state index is 9.24. The number of aliphatic hydroxyl groups is 1. The lowest BCUT2D eigenvalue weighted by atomic mass is 10.1. The van der Waals surface area contributed by atoms with Crippen LogP contribution in [0, 0.1) is 0 Å². The molecule has 0 saturated carbocycles. The number of hydrogen-bond acceptors (Lipinski definition) is 4. The summed E-state index contributed by atoms with van der Waals surface area (Å²) in [7, 11) is 0. The standard InChI is InChI=1S/C8H11NO3/c9-5(4-10)8-6(11)2-1-3-7(8)12/h1-3,5,10-12H,4,9H2. The molecule has 1 atom stereocenters. The molecule has 66 valence electrons. The van der Waals surface area contributed by atoms with Gasteiger partial charge < -0.3 is 21.1 Å². The Hall–Kier alpha value is -1.26. The zero-order chi connectivity index (χ0) is 9.14. The van der Waals surface area contributed by atoms with Crippen LogP contribution < -0.4 is 5.73 Å². The molecule has 0 aliphatic rings. The van der Waals surface area contributed by atoms with Crippen LogP contribution in [0.2, 0.25) is 0 Å². The molecule has 12 heavy (non-hydrogen) atoms. The molecule has 0 bridgehead atoms. The Kier molecular flexibility index (Phi) is 2.52. The molecule has 0 radical (unpaired) electrons. The van der Waals surface area contributed by atoms with Crippen molar-refractivity contribution in [2.24, 2.45) is 5.73 Å². The second-order valence-corrected chi connectivity index (χ2v) is 2.50. The van der Waals surface area contributed by atoms with E-state index in [1.807, 2.05) is 0 Å². The maximum Gasteiger partial charge on any atom is 0.124 e. The fourth-order valence-corrected chi connectivity index (χ4v) is 1.01. The van der Waals surface area contributed by atoms with E-state index in [2.05, 4.69) is 0 Å². The average Bonchev–Trinajstić information content (AvgIpc) is 2.03.